The van der Waals surface area contributed by atoms with Gasteiger partial charge in [-0.15, -0.1) is 11.8 Å². The van der Waals surface area contributed by atoms with E-state index in [9.17, 15) is 8.42 Å². The number of hydrogen-bond donors (Lipinski definition) is 2. The second-order valence-corrected chi connectivity index (χ2v) is 6.47. The lowest BCUT2D eigenvalue weighted by Crippen LogP contribution is -2.29. The van der Waals surface area contributed by atoms with Gasteiger partial charge in [0.2, 0.25) is 10.0 Å². The Morgan fingerprint density at radius 1 is 1.24 bits per heavy atom. The van der Waals surface area contributed by atoms with Crippen LogP contribution >= 0.6 is 11.8 Å². The Bertz CT molecular complexity index is 429. The molecule has 0 heterocycles. The molecular formula is C11H18N2O2S2. The fourth-order valence-corrected chi connectivity index (χ4v) is 2.31. The van der Waals surface area contributed by atoms with Gasteiger partial charge in [-0.25, -0.2) is 13.1 Å². The molecule has 0 aromatic heterocycles. The molecule has 96 valence electrons. The van der Waals surface area contributed by atoms with Crippen molar-refractivity contribution in [3.63, 3.8) is 0 Å². The summed E-state index contributed by atoms with van der Waals surface area (Å²) >= 11 is 1.70. The SMILES string of the molecule is CNS(=O)(=O)CCNCc1ccc(SC)cc1. The highest BCUT2D eigenvalue weighted by atomic mass is 32.2. The van der Waals surface area contributed by atoms with Gasteiger partial charge < -0.3 is 5.32 Å². The van der Waals surface area contributed by atoms with E-state index in [0.717, 1.165) is 5.56 Å². The quantitative estimate of drug-likeness (QED) is 0.576. The van der Waals surface area contributed by atoms with E-state index < -0.39 is 10.0 Å². The molecule has 1 aromatic rings. The Morgan fingerprint density at radius 2 is 1.88 bits per heavy atom. The minimum absolute atomic E-state index is 0.104. The molecule has 17 heavy (non-hydrogen) atoms. The molecule has 0 saturated heterocycles. The van der Waals surface area contributed by atoms with Gasteiger partial charge in [-0.05, 0) is 31.0 Å². The molecule has 2 N–H and O–H groups in total. The van der Waals surface area contributed by atoms with Crippen molar-refractivity contribution < 1.29 is 8.42 Å². The molecule has 0 atom stereocenters. The number of hydrogen-bond acceptors (Lipinski definition) is 4. The second-order valence-electron chi connectivity index (χ2n) is 3.55. The lowest BCUT2D eigenvalue weighted by atomic mass is 10.2. The number of nitrogens with one attached hydrogen (secondary N) is 2. The maximum Gasteiger partial charge on any atom is 0.212 e. The molecule has 4 nitrogen and oxygen atoms in total. The first-order chi connectivity index (χ1) is 8.07. The Morgan fingerprint density at radius 3 is 2.41 bits per heavy atom. The molecule has 1 rings (SSSR count). The first-order valence-electron chi connectivity index (χ1n) is 5.32. The molecule has 6 heteroatoms. The second kappa shape index (κ2) is 7.00. The van der Waals surface area contributed by atoms with Crippen molar-refractivity contribution in [3.8, 4) is 0 Å². The van der Waals surface area contributed by atoms with Crippen LogP contribution in [-0.2, 0) is 16.6 Å². The van der Waals surface area contributed by atoms with Gasteiger partial charge in [0.1, 0.15) is 0 Å². The molecule has 0 saturated carbocycles. The molecule has 0 fully saturated rings. The lowest BCUT2D eigenvalue weighted by molar-refractivity contribution is 0.583. The van der Waals surface area contributed by atoms with Crippen LogP contribution in [0.1, 0.15) is 5.56 Å². The van der Waals surface area contributed by atoms with Crippen molar-refractivity contribution in [2.75, 3.05) is 25.6 Å². The molecule has 0 radical (unpaired) electrons. The third-order valence-corrected chi connectivity index (χ3v) is 4.45. The number of sulfonamides is 1. The maximum atomic E-state index is 11.1. The van der Waals surface area contributed by atoms with E-state index in [1.165, 1.54) is 11.9 Å². The molecule has 1 aromatic carbocycles. The van der Waals surface area contributed by atoms with Gasteiger partial charge in [-0.3, -0.25) is 0 Å². The van der Waals surface area contributed by atoms with E-state index in [1.54, 1.807) is 11.8 Å². The van der Waals surface area contributed by atoms with E-state index in [-0.39, 0.29) is 5.75 Å². The Kier molecular flexibility index (Phi) is 5.97. The highest BCUT2D eigenvalue weighted by molar-refractivity contribution is 7.98. The number of benzene rings is 1. The van der Waals surface area contributed by atoms with E-state index in [2.05, 4.69) is 22.2 Å². The van der Waals surface area contributed by atoms with E-state index in [0.29, 0.717) is 13.1 Å². The van der Waals surface area contributed by atoms with Crippen LogP contribution in [0.5, 0.6) is 0 Å². The summed E-state index contributed by atoms with van der Waals surface area (Å²) < 4.78 is 24.6. The minimum atomic E-state index is -3.10. The van der Waals surface area contributed by atoms with Crippen LogP contribution in [0.3, 0.4) is 0 Å². The summed E-state index contributed by atoms with van der Waals surface area (Å²) in [5.74, 6) is 0.104. The van der Waals surface area contributed by atoms with Crippen LogP contribution in [0, 0.1) is 0 Å². The fourth-order valence-electron chi connectivity index (χ4n) is 1.28. The smallest absolute Gasteiger partial charge is 0.212 e. The molecule has 0 aliphatic heterocycles. The van der Waals surface area contributed by atoms with E-state index >= 15 is 0 Å². The van der Waals surface area contributed by atoms with Crippen LogP contribution in [0.4, 0.5) is 0 Å². The average Bonchev–Trinajstić information content (AvgIpc) is 2.35. The highest BCUT2D eigenvalue weighted by Crippen LogP contribution is 2.14. The van der Waals surface area contributed by atoms with Gasteiger partial charge in [0.15, 0.2) is 0 Å². The zero-order chi connectivity index (χ0) is 12.7. The number of thioether (sulfide) groups is 1. The monoisotopic (exact) mass is 274 g/mol. The van der Waals surface area contributed by atoms with Crippen molar-refractivity contribution in [2.24, 2.45) is 0 Å². The maximum absolute atomic E-state index is 11.1. The van der Waals surface area contributed by atoms with Crippen molar-refractivity contribution in [2.45, 2.75) is 11.4 Å². The largest absolute Gasteiger partial charge is 0.312 e. The van der Waals surface area contributed by atoms with Gasteiger partial charge in [0.05, 0.1) is 5.75 Å². The van der Waals surface area contributed by atoms with Crippen molar-refractivity contribution in [1.82, 2.24) is 10.0 Å². The minimum Gasteiger partial charge on any atom is -0.312 e. The standard InChI is InChI=1S/C11H18N2O2S2/c1-12-17(14,15)8-7-13-9-10-3-5-11(16-2)6-4-10/h3-6,12-13H,7-9H2,1-2H3. The average molecular weight is 274 g/mol. The summed E-state index contributed by atoms with van der Waals surface area (Å²) in [5.41, 5.74) is 1.16. The van der Waals surface area contributed by atoms with E-state index in [4.69, 9.17) is 0 Å². The molecule has 0 unspecified atom stereocenters. The summed E-state index contributed by atoms with van der Waals surface area (Å²) in [6.45, 7) is 1.14. The molecule has 0 aliphatic carbocycles. The Balaban J connectivity index is 2.31. The summed E-state index contributed by atoms with van der Waals surface area (Å²) in [5, 5.41) is 3.10. The lowest BCUT2D eigenvalue weighted by Gasteiger charge is -2.06. The van der Waals surface area contributed by atoms with Gasteiger partial charge >= 0.3 is 0 Å². The highest BCUT2D eigenvalue weighted by Gasteiger charge is 2.05. The third-order valence-electron chi connectivity index (χ3n) is 2.35. The van der Waals surface area contributed by atoms with Crippen LogP contribution in [0.25, 0.3) is 0 Å². The zero-order valence-corrected chi connectivity index (χ0v) is 11.7. The Labute approximate surface area is 107 Å². The molecule has 0 spiro atoms. The molecule has 0 bridgehead atoms. The summed E-state index contributed by atoms with van der Waals surface area (Å²) in [6.07, 6.45) is 2.04. The van der Waals surface area contributed by atoms with Crippen LogP contribution < -0.4 is 10.0 Å². The predicted octanol–water partition coefficient (Wildman–Crippen LogP) is 1.05. The van der Waals surface area contributed by atoms with Crippen molar-refractivity contribution >= 4 is 21.8 Å². The fraction of sp³-hybridized carbons (Fsp3) is 0.455. The zero-order valence-electron chi connectivity index (χ0n) is 10.1. The summed E-state index contributed by atoms with van der Waals surface area (Å²) in [4.78, 5) is 1.23. The van der Waals surface area contributed by atoms with Gasteiger partial charge in [0.25, 0.3) is 0 Å². The predicted molar refractivity (Wildman–Crippen MR) is 72.8 cm³/mol. The van der Waals surface area contributed by atoms with Crippen LogP contribution in [-0.4, -0.2) is 34.0 Å². The van der Waals surface area contributed by atoms with Crippen molar-refractivity contribution in [1.29, 1.82) is 0 Å². The Hall–Kier alpha value is -0.560. The van der Waals surface area contributed by atoms with Crippen molar-refractivity contribution in [3.05, 3.63) is 29.8 Å². The van der Waals surface area contributed by atoms with E-state index in [1.807, 2.05) is 18.4 Å². The van der Waals surface area contributed by atoms with Gasteiger partial charge in [0, 0.05) is 18.0 Å². The first-order valence-corrected chi connectivity index (χ1v) is 8.20. The van der Waals surface area contributed by atoms with Gasteiger partial charge in [-0.1, -0.05) is 12.1 Å². The number of rotatable bonds is 7. The third kappa shape index (κ3) is 5.54. The van der Waals surface area contributed by atoms with Gasteiger partial charge in [-0.2, -0.15) is 0 Å². The van der Waals surface area contributed by atoms with Crippen LogP contribution in [0.15, 0.2) is 29.2 Å². The molecule has 0 aliphatic rings. The normalized spacial score (nSPS) is 11.6. The first kappa shape index (κ1) is 14.5. The molecule has 0 amide bonds. The topological polar surface area (TPSA) is 58.2 Å². The van der Waals surface area contributed by atoms with Crippen LogP contribution in [0.2, 0.25) is 0 Å². The molecular weight excluding hydrogens is 256 g/mol. The summed E-state index contributed by atoms with van der Waals surface area (Å²) in [6, 6.07) is 8.22. The summed E-state index contributed by atoms with van der Waals surface area (Å²) in [7, 11) is -1.67.